The summed E-state index contributed by atoms with van der Waals surface area (Å²) in [5, 5.41) is 2.79. The van der Waals surface area contributed by atoms with E-state index >= 15 is 0 Å². The van der Waals surface area contributed by atoms with Gasteiger partial charge in [-0.1, -0.05) is 56.3 Å². The number of aromatic amines is 1. The number of hydrogen-bond donors (Lipinski definition) is 2. The Balaban J connectivity index is 1.51. The predicted molar refractivity (Wildman–Crippen MR) is 149 cm³/mol. The number of nitrogens with one attached hydrogen (secondary N) is 2. The Kier molecular flexibility index (Phi) is 7.49. The summed E-state index contributed by atoms with van der Waals surface area (Å²) < 4.78 is 90.4. The number of carbonyl (C=O) groups excluding carboxylic acids is 1. The lowest BCUT2D eigenvalue weighted by Crippen LogP contribution is -2.17. The van der Waals surface area contributed by atoms with Crippen LogP contribution in [0.4, 0.5) is 32.0 Å². The number of hydrogen-bond acceptors (Lipinski definition) is 2. The number of H-pyrrole nitrogens is 1. The van der Waals surface area contributed by atoms with E-state index in [1.807, 2.05) is 44.2 Å². The third-order valence-corrected chi connectivity index (χ3v) is 6.74. The van der Waals surface area contributed by atoms with Crippen LogP contribution < -0.4 is 10.1 Å². The van der Waals surface area contributed by atoms with Gasteiger partial charge in [-0.2, -0.15) is 26.3 Å². The van der Waals surface area contributed by atoms with Gasteiger partial charge >= 0.3 is 12.4 Å². The molecule has 0 fully saturated rings. The first-order valence-corrected chi connectivity index (χ1v) is 12.9. The number of anilines is 1. The zero-order chi connectivity index (χ0) is 30.2. The van der Waals surface area contributed by atoms with Gasteiger partial charge in [0.2, 0.25) is 0 Å². The van der Waals surface area contributed by atoms with E-state index in [4.69, 9.17) is 4.74 Å². The van der Waals surface area contributed by atoms with Crippen LogP contribution in [0.25, 0.3) is 22.0 Å². The van der Waals surface area contributed by atoms with E-state index in [1.165, 1.54) is 30.3 Å². The van der Waals surface area contributed by atoms with Gasteiger partial charge in [-0.25, -0.2) is 0 Å². The lowest BCUT2D eigenvalue weighted by Gasteiger charge is -2.21. The van der Waals surface area contributed by atoms with E-state index in [0.717, 1.165) is 16.7 Å². The van der Waals surface area contributed by atoms with Gasteiger partial charge in [0, 0.05) is 28.4 Å². The highest BCUT2D eigenvalue weighted by Crippen LogP contribution is 2.48. The Morgan fingerprint density at radius 3 is 1.95 bits per heavy atom. The molecule has 0 saturated heterocycles. The number of amides is 1. The Hall–Kier alpha value is -4.73. The molecular weight excluding hydrogens is 558 g/mol. The minimum absolute atomic E-state index is 0.0444. The minimum Gasteiger partial charge on any atom is -0.456 e. The van der Waals surface area contributed by atoms with Crippen LogP contribution in [0.15, 0.2) is 91.1 Å². The molecule has 1 heterocycles. The lowest BCUT2D eigenvalue weighted by atomic mass is 10.0. The maximum absolute atomic E-state index is 14.2. The maximum Gasteiger partial charge on any atom is 0.420 e. The molecule has 0 saturated carbocycles. The number of carbonyl (C=O) groups is 1. The van der Waals surface area contributed by atoms with Crippen LogP contribution in [0.1, 0.15) is 46.8 Å². The summed E-state index contributed by atoms with van der Waals surface area (Å²) in [6.45, 7) is 3.81. The third-order valence-electron chi connectivity index (χ3n) is 6.74. The van der Waals surface area contributed by atoms with Crippen LogP contribution in [-0.2, 0) is 12.4 Å². The molecule has 1 amide bonds. The van der Waals surface area contributed by atoms with Crippen molar-refractivity contribution in [2.75, 3.05) is 5.32 Å². The Morgan fingerprint density at radius 1 is 0.786 bits per heavy atom. The number of rotatable bonds is 6. The van der Waals surface area contributed by atoms with Crippen LogP contribution in [0, 0.1) is 0 Å². The zero-order valence-corrected chi connectivity index (χ0v) is 22.3. The summed E-state index contributed by atoms with van der Waals surface area (Å²) in [6.07, 6.45) is -8.72. The summed E-state index contributed by atoms with van der Waals surface area (Å²) >= 11 is 0. The monoisotopic (exact) mass is 582 g/mol. The molecule has 216 valence electrons. The van der Waals surface area contributed by atoms with E-state index < -0.39 is 40.8 Å². The number of ether oxygens (including phenoxy) is 1. The molecule has 42 heavy (non-hydrogen) atoms. The molecule has 5 rings (SSSR count). The number of fused-ring (bicyclic) bond motifs is 1. The summed E-state index contributed by atoms with van der Waals surface area (Å²) in [5.41, 5.74) is -0.826. The third kappa shape index (κ3) is 5.97. The molecule has 10 heteroatoms. The molecule has 0 spiro atoms. The van der Waals surface area contributed by atoms with Crippen molar-refractivity contribution in [3.63, 3.8) is 0 Å². The quantitative estimate of drug-likeness (QED) is 0.196. The van der Waals surface area contributed by atoms with Gasteiger partial charge in [0.15, 0.2) is 5.75 Å². The van der Waals surface area contributed by atoms with Crippen LogP contribution in [0.3, 0.4) is 0 Å². The molecule has 2 N–H and O–H groups in total. The van der Waals surface area contributed by atoms with Crippen LogP contribution >= 0.6 is 0 Å². The first-order valence-electron chi connectivity index (χ1n) is 12.9. The first kappa shape index (κ1) is 28.8. The molecule has 0 aliphatic rings. The number of aromatic nitrogens is 1. The van der Waals surface area contributed by atoms with E-state index in [2.05, 4.69) is 10.3 Å². The highest BCUT2D eigenvalue weighted by molar-refractivity contribution is 6.04. The Morgan fingerprint density at radius 2 is 1.38 bits per heavy atom. The fraction of sp³-hybridized carbons (Fsp3) is 0.156. The fourth-order valence-corrected chi connectivity index (χ4v) is 4.66. The van der Waals surface area contributed by atoms with Crippen molar-refractivity contribution in [2.24, 2.45) is 0 Å². The number of benzene rings is 4. The number of alkyl halides is 6. The van der Waals surface area contributed by atoms with E-state index in [-0.39, 0.29) is 17.2 Å². The van der Waals surface area contributed by atoms with Crippen LogP contribution in [0.5, 0.6) is 11.5 Å². The molecule has 0 bridgehead atoms. The maximum atomic E-state index is 14.2. The van der Waals surface area contributed by atoms with Crippen LogP contribution in [0.2, 0.25) is 0 Å². The topological polar surface area (TPSA) is 54.1 Å². The predicted octanol–water partition coefficient (Wildman–Crippen LogP) is 10.0. The summed E-state index contributed by atoms with van der Waals surface area (Å²) in [5.74, 6) is -2.43. The molecule has 4 nitrogen and oxygen atoms in total. The second kappa shape index (κ2) is 10.9. The van der Waals surface area contributed by atoms with Crippen LogP contribution in [-0.4, -0.2) is 10.9 Å². The van der Waals surface area contributed by atoms with E-state index in [0.29, 0.717) is 23.0 Å². The second-order valence-corrected chi connectivity index (χ2v) is 10.0. The highest BCUT2D eigenvalue weighted by Gasteiger charge is 2.43. The SMILES string of the molecule is CC(C)c1c[nH]c2ccc(Oc3c(C(F)(F)F)cc(NC(=O)c4ccc(-c5ccccc5)cc4)cc3C(F)(F)F)cc12. The standard InChI is InChI=1S/C32H24F6N2O2/c1-18(2)25-17-39-28-13-12-23(16-24(25)28)42-29-26(31(33,34)35)14-22(15-27(29)32(36,37)38)40-30(41)21-10-8-20(9-11-21)19-6-4-3-5-7-19/h3-18,39H,1-2H3,(H,40,41). The van der Waals surface area contributed by atoms with Crippen molar-refractivity contribution in [1.29, 1.82) is 0 Å². The van der Waals surface area contributed by atoms with Crippen molar-refractivity contribution >= 4 is 22.5 Å². The van der Waals surface area contributed by atoms with Gasteiger partial charge in [-0.3, -0.25) is 4.79 Å². The molecule has 0 unspecified atom stereocenters. The second-order valence-electron chi connectivity index (χ2n) is 10.0. The summed E-state index contributed by atoms with van der Waals surface area (Å²) in [6, 6.07) is 20.5. The zero-order valence-electron chi connectivity index (χ0n) is 22.3. The highest BCUT2D eigenvalue weighted by atomic mass is 19.4. The van der Waals surface area contributed by atoms with Crippen molar-refractivity contribution in [2.45, 2.75) is 32.1 Å². The van der Waals surface area contributed by atoms with Gasteiger partial charge in [-0.15, -0.1) is 0 Å². The van der Waals surface area contributed by atoms with Crippen molar-refractivity contribution in [3.8, 4) is 22.6 Å². The molecular formula is C32H24F6N2O2. The van der Waals surface area contributed by atoms with Crippen molar-refractivity contribution < 1.29 is 35.9 Å². The van der Waals surface area contributed by atoms with Gasteiger partial charge in [0.05, 0.1) is 0 Å². The molecule has 4 aromatic carbocycles. The largest absolute Gasteiger partial charge is 0.456 e. The molecule has 5 aromatic rings. The fourth-order valence-electron chi connectivity index (χ4n) is 4.66. The average Bonchev–Trinajstić information content (AvgIpc) is 3.37. The van der Waals surface area contributed by atoms with Gasteiger partial charge in [0.25, 0.3) is 5.91 Å². The normalized spacial score (nSPS) is 12.1. The first-order chi connectivity index (χ1) is 19.8. The summed E-state index contributed by atoms with van der Waals surface area (Å²) in [4.78, 5) is 15.9. The smallest absolute Gasteiger partial charge is 0.420 e. The Labute approximate surface area is 237 Å². The molecule has 0 aliphatic heterocycles. The molecule has 0 radical (unpaired) electrons. The number of halogens is 6. The van der Waals surface area contributed by atoms with E-state index in [1.54, 1.807) is 18.3 Å². The van der Waals surface area contributed by atoms with Crippen molar-refractivity contribution in [1.82, 2.24) is 4.98 Å². The van der Waals surface area contributed by atoms with Gasteiger partial charge in [-0.05, 0) is 65.1 Å². The lowest BCUT2D eigenvalue weighted by molar-refractivity contribution is -0.144. The van der Waals surface area contributed by atoms with Gasteiger partial charge < -0.3 is 15.0 Å². The van der Waals surface area contributed by atoms with E-state index in [9.17, 15) is 31.1 Å². The minimum atomic E-state index is -5.23. The molecule has 0 aliphatic carbocycles. The summed E-state index contributed by atoms with van der Waals surface area (Å²) in [7, 11) is 0. The molecule has 0 atom stereocenters. The Bertz CT molecular complexity index is 1700. The molecule has 1 aromatic heterocycles. The van der Waals surface area contributed by atoms with Crippen molar-refractivity contribution in [3.05, 3.63) is 113 Å². The average molecular weight is 583 g/mol. The van der Waals surface area contributed by atoms with Gasteiger partial charge in [0.1, 0.15) is 16.9 Å².